The largest absolute Gasteiger partial charge is 0.310 e. The lowest BCUT2D eigenvalue weighted by molar-refractivity contribution is 0.495. The molecule has 0 bridgehead atoms. The number of rotatable bonds is 4. The van der Waals surface area contributed by atoms with Crippen LogP contribution in [0.1, 0.15) is 32.4 Å². The molecule has 1 atom stereocenters. The summed E-state index contributed by atoms with van der Waals surface area (Å²) in [6.07, 6.45) is 0. The van der Waals surface area contributed by atoms with E-state index in [0.29, 0.717) is 5.92 Å². The molecule has 78 valence electrons. The van der Waals surface area contributed by atoms with E-state index in [2.05, 4.69) is 26.1 Å². The molecule has 0 radical (unpaired) electrons. The summed E-state index contributed by atoms with van der Waals surface area (Å²) in [5.41, 5.74) is 1.13. The molecule has 0 heterocycles. The summed E-state index contributed by atoms with van der Waals surface area (Å²) >= 11 is 0. The second kappa shape index (κ2) is 5.11. The zero-order chi connectivity index (χ0) is 10.6. The maximum absolute atomic E-state index is 12.6. The van der Waals surface area contributed by atoms with Crippen LogP contribution in [-0.4, -0.2) is 6.54 Å². The zero-order valence-electron chi connectivity index (χ0n) is 9.05. The number of benzene rings is 1. The molecule has 1 rings (SSSR count). The summed E-state index contributed by atoms with van der Waals surface area (Å²) in [7, 11) is 0. The molecule has 0 aliphatic carbocycles. The number of halogens is 1. The first kappa shape index (κ1) is 11.2. The summed E-state index contributed by atoms with van der Waals surface area (Å²) in [5, 5.41) is 3.40. The van der Waals surface area contributed by atoms with Gasteiger partial charge in [-0.05, 0) is 37.1 Å². The Morgan fingerprint density at radius 2 is 1.71 bits per heavy atom. The molecule has 14 heavy (non-hydrogen) atoms. The van der Waals surface area contributed by atoms with Crippen LogP contribution in [-0.2, 0) is 0 Å². The van der Waals surface area contributed by atoms with Crippen LogP contribution >= 0.6 is 0 Å². The molecular formula is C12H18FN. The number of hydrogen-bond donors (Lipinski definition) is 1. The van der Waals surface area contributed by atoms with Crippen molar-refractivity contribution in [2.75, 3.05) is 6.54 Å². The second-order valence-electron chi connectivity index (χ2n) is 4.08. The van der Waals surface area contributed by atoms with Gasteiger partial charge in [-0.2, -0.15) is 0 Å². The van der Waals surface area contributed by atoms with Gasteiger partial charge >= 0.3 is 0 Å². The van der Waals surface area contributed by atoms with Gasteiger partial charge < -0.3 is 5.32 Å². The van der Waals surface area contributed by atoms with Gasteiger partial charge in [0.2, 0.25) is 0 Å². The molecular weight excluding hydrogens is 177 g/mol. The lowest BCUT2D eigenvalue weighted by Gasteiger charge is -2.15. The predicted molar refractivity (Wildman–Crippen MR) is 57.7 cm³/mol. The Kier molecular flexibility index (Phi) is 4.08. The predicted octanol–water partition coefficient (Wildman–Crippen LogP) is 3.13. The molecule has 0 amide bonds. The van der Waals surface area contributed by atoms with Crippen LogP contribution < -0.4 is 5.32 Å². The normalized spacial score (nSPS) is 13.2. The highest BCUT2D eigenvalue weighted by atomic mass is 19.1. The van der Waals surface area contributed by atoms with E-state index in [4.69, 9.17) is 0 Å². The van der Waals surface area contributed by atoms with Crippen LogP contribution in [0.5, 0.6) is 0 Å². The van der Waals surface area contributed by atoms with Gasteiger partial charge in [0, 0.05) is 6.04 Å². The molecule has 0 saturated carbocycles. The van der Waals surface area contributed by atoms with Crippen molar-refractivity contribution < 1.29 is 4.39 Å². The molecule has 1 aromatic rings. The van der Waals surface area contributed by atoms with Crippen LogP contribution in [0.3, 0.4) is 0 Å². The van der Waals surface area contributed by atoms with Gasteiger partial charge in [0.1, 0.15) is 5.82 Å². The van der Waals surface area contributed by atoms with Crippen LogP contribution in [0.15, 0.2) is 24.3 Å². The van der Waals surface area contributed by atoms with E-state index in [9.17, 15) is 4.39 Å². The third-order valence-corrected chi connectivity index (χ3v) is 2.20. The van der Waals surface area contributed by atoms with Crippen LogP contribution in [0.2, 0.25) is 0 Å². The summed E-state index contributed by atoms with van der Waals surface area (Å²) < 4.78 is 12.6. The minimum atomic E-state index is -0.176. The fourth-order valence-corrected chi connectivity index (χ4v) is 1.28. The van der Waals surface area contributed by atoms with Crippen molar-refractivity contribution in [3.63, 3.8) is 0 Å². The van der Waals surface area contributed by atoms with E-state index < -0.39 is 0 Å². The molecule has 0 aliphatic rings. The van der Waals surface area contributed by atoms with E-state index in [1.807, 2.05) is 12.1 Å². The lowest BCUT2D eigenvalue weighted by Crippen LogP contribution is -2.23. The highest BCUT2D eigenvalue weighted by molar-refractivity contribution is 5.19. The Labute approximate surface area is 85.3 Å². The van der Waals surface area contributed by atoms with Crippen LogP contribution in [0.4, 0.5) is 4.39 Å². The van der Waals surface area contributed by atoms with Gasteiger partial charge in [-0.25, -0.2) is 4.39 Å². The van der Waals surface area contributed by atoms with E-state index in [0.717, 1.165) is 12.1 Å². The monoisotopic (exact) mass is 195 g/mol. The minimum Gasteiger partial charge on any atom is -0.310 e. The van der Waals surface area contributed by atoms with E-state index in [-0.39, 0.29) is 11.9 Å². The average Bonchev–Trinajstić information content (AvgIpc) is 2.15. The van der Waals surface area contributed by atoms with Crippen molar-refractivity contribution >= 4 is 0 Å². The van der Waals surface area contributed by atoms with E-state index in [1.54, 1.807) is 0 Å². The zero-order valence-corrected chi connectivity index (χ0v) is 9.05. The molecule has 0 aliphatic heterocycles. The van der Waals surface area contributed by atoms with Gasteiger partial charge in [0.15, 0.2) is 0 Å². The van der Waals surface area contributed by atoms with Crippen molar-refractivity contribution in [3.8, 4) is 0 Å². The van der Waals surface area contributed by atoms with Crippen molar-refractivity contribution in [2.45, 2.75) is 26.8 Å². The van der Waals surface area contributed by atoms with Gasteiger partial charge in [0.05, 0.1) is 0 Å². The maximum Gasteiger partial charge on any atom is 0.123 e. The highest BCUT2D eigenvalue weighted by Crippen LogP contribution is 2.12. The van der Waals surface area contributed by atoms with E-state index in [1.165, 1.54) is 12.1 Å². The number of hydrogen-bond acceptors (Lipinski definition) is 1. The fourth-order valence-electron chi connectivity index (χ4n) is 1.28. The van der Waals surface area contributed by atoms with Crippen molar-refractivity contribution in [3.05, 3.63) is 35.6 Å². The van der Waals surface area contributed by atoms with Gasteiger partial charge in [-0.1, -0.05) is 26.0 Å². The van der Waals surface area contributed by atoms with Crippen molar-refractivity contribution in [2.24, 2.45) is 5.92 Å². The molecule has 1 aromatic carbocycles. The Morgan fingerprint density at radius 3 is 2.21 bits per heavy atom. The Morgan fingerprint density at radius 1 is 1.14 bits per heavy atom. The molecule has 0 fully saturated rings. The number of nitrogens with one attached hydrogen (secondary N) is 1. The lowest BCUT2D eigenvalue weighted by atomic mass is 10.1. The standard InChI is InChI=1S/C12H18FN/c1-9(2)8-14-10(3)11-4-6-12(13)7-5-11/h4-7,9-10,14H,8H2,1-3H3/t10-/m1/s1. The summed E-state index contributed by atoms with van der Waals surface area (Å²) in [5.74, 6) is 0.461. The Balaban J connectivity index is 2.52. The Bertz CT molecular complexity index is 266. The minimum absolute atomic E-state index is 0.176. The van der Waals surface area contributed by atoms with Crippen LogP contribution in [0.25, 0.3) is 0 Å². The van der Waals surface area contributed by atoms with Crippen molar-refractivity contribution in [1.82, 2.24) is 5.32 Å². The third-order valence-electron chi connectivity index (χ3n) is 2.20. The highest BCUT2D eigenvalue weighted by Gasteiger charge is 2.04. The summed E-state index contributed by atoms with van der Waals surface area (Å²) in [6, 6.07) is 6.95. The molecule has 0 unspecified atom stereocenters. The summed E-state index contributed by atoms with van der Waals surface area (Å²) in [4.78, 5) is 0. The maximum atomic E-state index is 12.6. The average molecular weight is 195 g/mol. The smallest absolute Gasteiger partial charge is 0.123 e. The van der Waals surface area contributed by atoms with E-state index >= 15 is 0 Å². The molecule has 0 spiro atoms. The van der Waals surface area contributed by atoms with Crippen molar-refractivity contribution in [1.29, 1.82) is 0 Å². The second-order valence-corrected chi connectivity index (χ2v) is 4.08. The molecule has 0 aromatic heterocycles. The third kappa shape index (κ3) is 3.46. The van der Waals surface area contributed by atoms with Gasteiger partial charge in [-0.3, -0.25) is 0 Å². The topological polar surface area (TPSA) is 12.0 Å². The van der Waals surface area contributed by atoms with Gasteiger partial charge in [0.25, 0.3) is 0 Å². The molecule has 1 nitrogen and oxygen atoms in total. The fraction of sp³-hybridized carbons (Fsp3) is 0.500. The molecule has 2 heteroatoms. The first-order valence-corrected chi connectivity index (χ1v) is 5.08. The molecule has 0 saturated heterocycles. The SMILES string of the molecule is CC(C)CN[C@H](C)c1ccc(F)cc1. The first-order chi connectivity index (χ1) is 6.59. The summed E-state index contributed by atoms with van der Waals surface area (Å²) in [6.45, 7) is 7.42. The first-order valence-electron chi connectivity index (χ1n) is 5.08. The molecule has 1 N–H and O–H groups in total. The van der Waals surface area contributed by atoms with Gasteiger partial charge in [-0.15, -0.1) is 0 Å². The van der Waals surface area contributed by atoms with Crippen LogP contribution in [0, 0.1) is 11.7 Å². The quantitative estimate of drug-likeness (QED) is 0.778. The Hall–Kier alpha value is -0.890.